The topological polar surface area (TPSA) is 12.5 Å². The van der Waals surface area contributed by atoms with Crippen molar-refractivity contribution < 1.29 is 4.74 Å². The lowest BCUT2D eigenvalue weighted by Gasteiger charge is -2.49. The summed E-state index contributed by atoms with van der Waals surface area (Å²) in [6.45, 7) is 0. The average Bonchev–Trinajstić information content (AvgIpc) is 2.84. The van der Waals surface area contributed by atoms with Crippen molar-refractivity contribution in [3.8, 4) is 0 Å². The number of rotatable bonds is 2. The van der Waals surface area contributed by atoms with E-state index in [-0.39, 0.29) is 6.23 Å². The highest BCUT2D eigenvalue weighted by molar-refractivity contribution is 5.81. The van der Waals surface area contributed by atoms with Crippen LogP contribution in [-0.4, -0.2) is 6.23 Å². The number of benzene rings is 4. The Kier molecular flexibility index (Phi) is 3.87. The molecule has 0 aliphatic carbocycles. The molecule has 0 spiro atoms. The van der Waals surface area contributed by atoms with Gasteiger partial charge in [0.05, 0.1) is 11.4 Å². The maximum Gasteiger partial charge on any atom is 0.156 e. The van der Waals surface area contributed by atoms with Crippen molar-refractivity contribution in [2.75, 3.05) is 4.90 Å². The zero-order valence-electron chi connectivity index (χ0n) is 16.5. The molecule has 0 fully saturated rings. The second-order valence-electron chi connectivity index (χ2n) is 7.73. The number of para-hydroxylation sites is 2. The first-order valence-electron chi connectivity index (χ1n) is 10.3. The Morgan fingerprint density at radius 1 is 0.600 bits per heavy atom. The van der Waals surface area contributed by atoms with Gasteiger partial charge in [0.25, 0.3) is 0 Å². The number of hydrogen-bond donors (Lipinski definition) is 0. The molecule has 4 aromatic rings. The molecule has 144 valence electrons. The zero-order chi connectivity index (χ0) is 20.0. The molecular weight excluding hydrogens is 366 g/mol. The van der Waals surface area contributed by atoms with E-state index in [9.17, 15) is 0 Å². The molecule has 0 saturated carbocycles. The fourth-order valence-electron chi connectivity index (χ4n) is 4.80. The molecule has 2 heteroatoms. The molecule has 2 aliphatic heterocycles. The van der Waals surface area contributed by atoms with Crippen LogP contribution in [0.5, 0.6) is 0 Å². The zero-order valence-corrected chi connectivity index (χ0v) is 16.5. The van der Waals surface area contributed by atoms with Crippen LogP contribution in [0.3, 0.4) is 0 Å². The maximum atomic E-state index is 7.07. The molecule has 2 aliphatic rings. The van der Waals surface area contributed by atoms with Crippen LogP contribution in [0.25, 0.3) is 6.08 Å². The molecule has 6 rings (SSSR count). The number of anilines is 2. The third-order valence-electron chi connectivity index (χ3n) is 6.09. The first kappa shape index (κ1) is 17.3. The monoisotopic (exact) mass is 387 g/mol. The van der Waals surface area contributed by atoms with Crippen molar-refractivity contribution in [3.05, 3.63) is 138 Å². The van der Waals surface area contributed by atoms with E-state index in [2.05, 4.69) is 126 Å². The second-order valence-corrected chi connectivity index (χ2v) is 7.73. The molecule has 1 unspecified atom stereocenters. The largest absolute Gasteiger partial charge is 0.334 e. The molecule has 2 nitrogen and oxygen atoms in total. The molecule has 1 atom stereocenters. The van der Waals surface area contributed by atoms with Gasteiger partial charge >= 0.3 is 0 Å². The molecule has 0 radical (unpaired) electrons. The van der Waals surface area contributed by atoms with Gasteiger partial charge < -0.3 is 9.64 Å². The van der Waals surface area contributed by atoms with Crippen molar-refractivity contribution in [2.45, 2.75) is 11.8 Å². The Balaban J connectivity index is 1.67. The number of nitrogens with zero attached hydrogens (tertiary/aromatic N) is 1. The van der Waals surface area contributed by atoms with E-state index < -0.39 is 5.60 Å². The molecule has 4 aromatic carbocycles. The maximum absolute atomic E-state index is 7.07. The predicted molar refractivity (Wildman–Crippen MR) is 122 cm³/mol. The summed E-state index contributed by atoms with van der Waals surface area (Å²) in [5, 5.41) is 0. The van der Waals surface area contributed by atoms with Gasteiger partial charge in [-0.15, -0.1) is 0 Å². The molecule has 2 heterocycles. The fourth-order valence-corrected chi connectivity index (χ4v) is 4.80. The van der Waals surface area contributed by atoms with Gasteiger partial charge in [0.2, 0.25) is 0 Å². The highest BCUT2D eigenvalue weighted by atomic mass is 16.5. The third kappa shape index (κ3) is 2.41. The lowest BCUT2D eigenvalue weighted by molar-refractivity contribution is -0.0303. The minimum absolute atomic E-state index is 0.199. The molecule has 0 bridgehead atoms. The van der Waals surface area contributed by atoms with Crippen LogP contribution < -0.4 is 4.90 Å². The van der Waals surface area contributed by atoms with Crippen molar-refractivity contribution in [2.24, 2.45) is 0 Å². The van der Waals surface area contributed by atoms with Gasteiger partial charge in [-0.05, 0) is 34.9 Å². The Morgan fingerprint density at radius 3 is 1.87 bits per heavy atom. The smallest absolute Gasteiger partial charge is 0.156 e. The molecule has 0 amide bonds. The fraction of sp³-hybridized carbons (Fsp3) is 0.0714. The Labute approximate surface area is 176 Å². The van der Waals surface area contributed by atoms with Crippen LogP contribution in [0, 0.1) is 0 Å². The van der Waals surface area contributed by atoms with Crippen LogP contribution >= 0.6 is 0 Å². The van der Waals surface area contributed by atoms with E-state index >= 15 is 0 Å². The summed E-state index contributed by atoms with van der Waals surface area (Å²) in [7, 11) is 0. The summed E-state index contributed by atoms with van der Waals surface area (Å²) in [6.07, 6.45) is 4.14. The summed E-state index contributed by atoms with van der Waals surface area (Å²) >= 11 is 0. The molecule has 0 N–H and O–H groups in total. The van der Waals surface area contributed by atoms with Crippen LogP contribution in [-0.2, 0) is 10.3 Å². The average molecular weight is 387 g/mol. The first-order chi connectivity index (χ1) is 14.9. The highest BCUT2D eigenvalue weighted by Crippen LogP contribution is 2.52. The van der Waals surface area contributed by atoms with Gasteiger partial charge in [-0.1, -0.05) is 103 Å². The van der Waals surface area contributed by atoms with Crippen molar-refractivity contribution in [1.82, 2.24) is 0 Å². The molecular formula is C28H21NO. The lowest BCUT2D eigenvalue weighted by Crippen LogP contribution is -2.49. The van der Waals surface area contributed by atoms with Crippen LogP contribution in [0.4, 0.5) is 11.4 Å². The predicted octanol–water partition coefficient (Wildman–Crippen LogP) is 6.50. The van der Waals surface area contributed by atoms with Gasteiger partial charge in [-0.25, -0.2) is 0 Å². The highest BCUT2D eigenvalue weighted by Gasteiger charge is 2.47. The number of ether oxygens (including phenoxy) is 1. The van der Waals surface area contributed by atoms with Crippen molar-refractivity contribution in [1.29, 1.82) is 0 Å². The van der Waals surface area contributed by atoms with Gasteiger partial charge in [-0.3, -0.25) is 0 Å². The first-order valence-corrected chi connectivity index (χ1v) is 10.3. The Bertz CT molecular complexity index is 1190. The number of hydrogen-bond acceptors (Lipinski definition) is 2. The standard InChI is InChI=1S/C28H21NO/c1-3-12-22(13-4-1)28(23-14-5-2-6-15-23)24-16-8-10-18-26(24)29-25-17-9-7-11-21(25)19-20-27(29)30-28/h1-20,27H. The van der Waals surface area contributed by atoms with E-state index in [1.165, 1.54) is 16.9 Å². The Hall–Kier alpha value is -3.62. The van der Waals surface area contributed by atoms with Gasteiger partial charge in [0.15, 0.2) is 6.23 Å². The van der Waals surface area contributed by atoms with Crippen molar-refractivity contribution in [3.63, 3.8) is 0 Å². The SMILES string of the molecule is C1=CC2OC(c3ccccc3)(c3ccccc3)c3ccccc3N2c2ccccc21. The van der Waals surface area contributed by atoms with Gasteiger partial charge in [-0.2, -0.15) is 0 Å². The van der Waals surface area contributed by atoms with E-state index in [1.54, 1.807) is 0 Å². The summed E-state index contributed by atoms with van der Waals surface area (Å²) < 4.78 is 7.07. The summed E-state index contributed by atoms with van der Waals surface area (Å²) in [5.74, 6) is 0. The van der Waals surface area contributed by atoms with E-state index in [1.807, 2.05) is 0 Å². The second kappa shape index (κ2) is 6.72. The van der Waals surface area contributed by atoms with Crippen molar-refractivity contribution >= 4 is 17.5 Å². The van der Waals surface area contributed by atoms with E-state index in [0.717, 1.165) is 16.7 Å². The van der Waals surface area contributed by atoms with Gasteiger partial charge in [0.1, 0.15) is 5.60 Å². The summed E-state index contributed by atoms with van der Waals surface area (Å²) in [6, 6.07) is 38.3. The molecule has 0 aromatic heterocycles. The molecule has 30 heavy (non-hydrogen) atoms. The molecule has 0 saturated heterocycles. The van der Waals surface area contributed by atoms with Gasteiger partial charge in [0, 0.05) is 5.56 Å². The quantitative estimate of drug-likeness (QED) is 0.389. The third-order valence-corrected chi connectivity index (χ3v) is 6.09. The minimum Gasteiger partial charge on any atom is -0.334 e. The lowest BCUT2D eigenvalue weighted by atomic mass is 9.77. The van der Waals surface area contributed by atoms with E-state index in [0.29, 0.717) is 0 Å². The van der Waals surface area contributed by atoms with Crippen LogP contribution in [0.1, 0.15) is 22.3 Å². The summed E-state index contributed by atoms with van der Waals surface area (Å²) in [4.78, 5) is 2.31. The van der Waals surface area contributed by atoms with Crippen LogP contribution in [0.2, 0.25) is 0 Å². The Morgan fingerprint density at radius 2 is 1.17 bits per heavy atom. The minimum atomic E-state index is -0.684. The van der Waals surface area contributed by atoms with Crippen LogP contribution in [0.15, 0.2) is 115 Å². The summed E-state index contributed by atoms with van der Waals surface area (Å²) in [5.41, 5.74) is 6.30. The normalized spacial score (nSPS) is 18.3. The number of fused-ring (bicyclic) bond motifs is 5. The van der Waals surface area contributed by atoms with E-state index in [4.69, 9.17) is 4.74 Å².